The number of carboxylic acid groups (broad SMARTS) is 1. The number of rotatable bonds is 1. The van der Waals surface area contributed by atoms with Gasteiger partial charge < -0.3 is 14.7 Å². The van der Waals surface area contributed by atoms with Gasteiger partial charge in [0, 0.05) is 17.1 Å². The summed E-state index contributed by atoms with van der Waals surface area (Å²) in [4.78, 5) is 12.1. The van der Waals surface area contributed by atoms with Crippen molar-refractivity contribution in [3.8, 4) is 5.75 Å². The van der Waals surface area contributed by atoms with Crippen molar-refractivity contribution in [3.63, 3.8) is 0 Å². The molecule has 5 heteroatoms. The van der Waals surface area contributed by atoms with E-state index >= 15 is 0 Å². The van der Waals surface area contributed by atoms with Crippen molar-refractivity contribution >= 4 is 22.0 Å². The lowest BCUT2D eigenvalue weighted by atomic mass is 10.1. The van der Waals surface area contributed by atoms with Crippen LogP contribution in [0.2, 0.25) is 0 Å². The maximum Gasteiger partial charge on any atom is 0.407 e. The first-order valence-electron chi connectivity index (χ1n) is 4.47. The Morgan fingerprint density at radius 1 is 1.67 bits per heavy atom. The van der Waals surface area contributed by atoms with Crippen LogP contribution in [0, 0.1) is 0 Å². The van der Waals surface area contributed by atoms with Gasteiger partial charge in [-0.3, -0.25) is 0 Å². The molecule has 2 rings (SSSR count). The Morgan fingerprint density at radius 3 is 3.07 bits per heavy atom. The highest BCUT2D eigenvalue weighted by Crippen LogP contribution is 2.37. The summed E-state index contributed by atoms with van der Waals surface area (Å²) in [6, 6.07) is 5.42. The van der Waals surface area contributed by atoms with Gasteiger partial charge in [-0.1, -0.05) is 22.0 Å². The molecule has 1 aromatic rings. The molecule has 0 bridgehead atoms. The number of nitrogens with zero attached hydrogens (tertiary/aromatic N) is 1. The number of hydrogen-bond donors (Lipinski definition) is 1. The topological polar surface area (TPSA) is 49.8 Å². The van der Waals surface area contributed by atoms with E-state index in [-0.39, 0.29) is 6.04 Å². The summed E-state index contributed by atoms with van der Waals surface area (Å²) in [5, 5.41) is 8.88. The Morgan fingerprint density at radius 2 is 2.40 bits per heavy atom. The van der Waals surface area contributed by atoms with Gasteiger partial charge in [0.15, 0.2) is 0 Å². The van der Waals surface area contributed by atoms with Crippen molar-refractivity contribution in [1.82, 2.24) is 4.90 Å². The molecule has 1 amide bonds. The molecule has 0 spiro atoms. The molecule has 0 radical (unpaired) electrons. The second kappa shape index (κ2) is 3.73. The third kappa shape index (κ3) is 1.79. The van der Waals surface area contributed by atoms with Crippen molar-refractivity contribution in [3.05, 3.63) is 28.2 Å². The molecule has 0 aromatic heterocycles. The smallest absolute Gasteiger partial charge is 0.407 e. The molecule has 1 unspecified atom stereocenters. The van der Waals surface area contributed by atoms with Crippen molar-refractivity contribution in [1.29, 1.82) is 0 Å². The summed E-state index contributed by atoms with van der Waals surface area (Å²) in [5.74, 6) is 0.752. The molecule has 1 aliphatic heterocycles. The number of fused-ring (bicyclic) bond motifs is 1. The van der Waals surface area contributed by atoms with Crippen molar-refractivity contribution in [2.75, 3.05) is 13.7 Å². The minimum Gasteiger partial charge on any atom is -0.491 e. The van der Waals surface area contributed by atoms with E-state index in [1.807, 2.05) is 18.2 Å². The van der Waals surface area contributed by atoms with Crippen LogP contribution in [0.1, 0.15) is 11.6 Å². The highest BCUT2D eigenvalue weighted by Gasteiger charge is 2.30. The molecule has 80 valence electrons. The molecule has 1 aliphatic rings. The lowest BCUT2D eigenvalue weighted by Gasteiger charge is -2.19. The summed E-state index contributed by atoms with van der Waals surface area (Å²) >= 11 is 3.34. The summed E-state index contributed by atoms with van der Waals surface area (Å²) in [6.45, 7) is 0.384. The molecule has 1 N–H and O–H groups in total. The zero-order valence-corrected chi connectivity index (χ0v) is 9.69. The normalized spacial score (nSPS) is 18.1. The lowest BCUT2D eigenvalue weighted by Crippen LogP contribution is -2.30. The molecular weight excluding hydrogens is 262 g/mol. The van der Waals surface area contributed by atoms with E-state index in [4.69, 9.17) is 9.84 Å². The van der Waals surface area contributed by atoms with Crippen LogP contribution in [0.5, 0.6) is 5.75 Å². The van der Waals surface area contributed by atoms with Crippen molar-refractivity contribution in [2.24, 2.45) is 0 Å². The summed E-state index contributed by atoms with van der Waals surface area (Å²) in [5.41, 5.74) is 0.920. The van der Waals surface area contributed by atoms with Crippen LogP contribution in [0.4, 0.5) is 4.79 Å². The Kier molecular flexibility index (Phi) is 2.56. The van der Waals surface area contributed by atoms with Crippen molar-refractivity contribution in [2.45, 2.75) is 6.04 Å². The van der Waals surface area contributed by atoms with Gasteiger partial charge in [-0.25, -0.2) is 4.79 Å². The predicted molar refractivity (Wildman–Crippen MR) is 58.2 cm³/mol. The highest BCUT2D eigenvalue weighted by atomic mass is 79.9. The average Bonchev–Trinajstić information content (AvgIpc) is 2.59. The van der Waals surface area contributed by atoms with E-state index in [0.717, 1.165) is 15.8 Å². The Hall–Kier alpha value is -1.23. The zero-order chi connectivity index (χ0) is 11.0. The number of benzene rings is 1. The Labute approximate surface area is 95.6 Å². The van der Waals surface area contributed by atoms with Crippen LogP contribution >= 0.6 is 15.9 Å². The molecule has 0 saturated carbocycles. The van der Waals surface area contributed by atoms with Gasteiger partial charge >= 0.3 is 6.09 Å². The van der Waals surface area contributed by atoms with Gasteiger partial charge in [0.1, 0.15) is 12.4 Å². The highest BCUT2D eigenvalue weighted by molar-refractivity contribution is 9.10. The Bertz CT molecular complexity index is 408. The molecule has 0 fully saturated rings. The predicted octanol–water partition coefficient (Wildman–Crippen LogP) is 2.49. The fraction of sp³-hybridized carbons (Fsp3) is 0.300. The molecule has 0 aliphatic carbocycles. The van der Waals surface area contributed by atoms with E-state index in [1.165, 1.54) is 4.90 Å². The molecule has 1 aromatic carbocycles. The number of halogens is 1. The number of carbonyl (C=O) groups is 1. The molecule has 15 heavy (non-hydrogen) atoms. The number of hydrogen-bond acceptors (Lipinski definition) is 2. The van der Waals surface area contributed by atoms with Gasteiger partial charge in [-0.2, -0.15) is 0 Å². The SMILES string of the molecule is CN(C(=O)O)C1COc2cc(Br)ccc21. The third-order valence-corrected chi connectivity index (χ3v) is 2.99. The van der Waals surface area contributed by atoms with Gasteiger partial charge in [0.2, 0.25) is 0 Å². The van der Waals surface area contributed by atoms with E-state index in [0.29, 0.717) is 6.61 Å². The molecule has 0 saturated heterocycles. The number of ether oxygens (including phenoxy) is 1. The minimum absolute atomic E-state index is 0.203. The van der Waals surface area contributed by atoms with E-state index in [2.05, 4.69) is 15.9 Å². The summed E-state index contributed by atoms with van der Waals surface area (Å²) in [7, 11) is 1.55. The van der Waals surface area contributed by atoms with Crippen molar-refractivity contribution < 1.29 is 14.6 Å². The largest absolute Gasteiger partial charge is 0.491 e. The average molecular weight is 272 g/mol. The summed E-state index contributed by atoms with van der Waals surface area (Å²) < 4.78 is 6.36. The fourth-order valence-corrected chi connectivity index (χ4v) is 1.96. The van der Waals surface area contributed by atoms with E-state index < -0.39 is 6.09 Å². The monoisotopic (exact) mass is 271 g/mol. The maximum absolute atomic E-state index is 10.8. The van der Waals surface area contributed by atoms with Crippen LogP contribution in [0.15, 0.2) is 22.7 Å². The molecule has 4 nitrogen and oxygen atoms in total. The first kappa shape index (κ1) is 10.3. The third-order valence-electron chi connectivity index (χ3n) is 2.50. The summed E-state index contributed by atoms with van der Waals surface area (Å²) in [6.07, 6.45) is -0.945. The quantitative estimate of drug-likeness (QED) is 0.854. The number of likely N-dealkylation sites (N-methyl/N-ethyl adjacent to an activating group) is 1. The molecule has 1 atom stereocenters. The van der Waals surface area contributed by atoms with Gasteiger partial charge in [-0.05, 0) is 12.1 Å². The first-order valence-corrected chi connectivity index (χ1v) is 5.27. The fourth-order valence-electron chi connectivity index (χ4n) is 1.62. The van der Waals surface area contributed by atoms with Crippen LogP contribution in [0.25, 0.3) is 0 Å². The van der Waals surface area contributed by atoms with Crippen LogP contribution in [0.3, 0.4) is 0 Å². The Balaban J connectivity index is 2.32. The maximum atomic E-state index is 10.8. The van der Waals surface area contributed by atoms with Crippen LogP contribution in [-0.4, -0.2) is 29.8 Å². The lowest BCUT2D eigenvalue weighted by molar-refractivity contribution is 0.129. The molecule has 1 heterocycles. The first-order chi connectivity index (χ1) is 7.09. The minimum atomic E-state index is -0.945. The van der Waals surface area contributed by atoms with Gasteiger partial charge in [0.05, 0.1) is 6.04 Å². The van der Waals surface area contributed by atoms with E-state index in [1.54, 1.807) is 7.05 Å². The van der Waals surface area contributed by atoms with Gasteiger partial charge in [-0.15, -0.1) is 0 Å². The van der Waals surface area contributed by atoms with E-state index in [9.17, 15) is 4.79 Å². The standard InChI is InChI=1S/C10H10BrNO3/c1-12(10(13)14)8-5-15-9-4-6(11)2-3-7(8)9/h2-4,8H,5H2,1H3,(H,13,14). The van der Waals surface area contributed by atoms with Gasteiger partial charge in [0.25, 0.3) is 0 Å². The second-order valence-electron chi connectivity index (χ2n) is 3.40. The van der Waals surface area contributed by atoms with Crippen LogP contribution in [-0.2, 0) is 0 Å². The zero-order valence-electron chi connectivity index (χ0n) is 8.11. The number of amides is 1. The second-order valence-corrected chi connectivity index (χ2v) is 4.32. The molecular formula is C10H10BrNO3. The van der Waals surface area contributed by atoms with Crippen LogP contribution < -0.4 is 4.74 Å².